The Hall–Kier alpha value is -1.58. The van der Waals surface area contributed by atoms with Gasteiger partial charge in [-0.3, -0.25) is 9.78 Å². The summed E-state index contributed by atoms with van der Waals surface area (Å²) < 4.78 is 0. The minimum atomic E-state index is -0.687. The van der Waals surface area contributed by atoms with Crippen molar-refractivity contribution in [3.63, 3.8) is 0 Å². The molecule has 1 aliphatic carbocycles. The van der Waals surface area contributed by atoms with Crippen LogP contribution in [0.4, 0.5) is 5.69 Å². The zero-order valence-corrected chi connectivity index (χ0v) is 10.6. The second-order valence-electron chi connectivity index (χ2n) is 5.22. The molecule has 4 nitrogen and oxygen atoms in total. The molecule has 0 atom stereocenters. The zero-order valence-electron chi connectivity index (χ0n) is 10.6. The van der Waals surface area contributed by atoms with Crippen LogP contribution < -0.4 is 5.32 Å². The maximum Gasteiger partial charge on any atom is 0.303 e. The zero-order chi connectivity index (χ0) is 12.8. The average molecular weight is 248 g/mol. The maximum absolute atomic E-state index is 11.0. The fourth-order valence-electron chi connectivity index (χ4n) is 2.80. The van der Waals surface area contributed by atoms with Gasteiger partial charge in [0.25, 0.3) is 0 Å². The number of nitrogens with zero attached hydrogens (tertiary/aromatic N) is 1. The van der Waals surface area contributed by atoms with Crippen LogP contribution in [0.1, 0.15) is 38.5 Å². The molecule has 0 aliphatic heterocycles. The highest BCUT2D eigenvalue weighted by Gasteiger charge is 2.34. The summed E-state index contributed by atoms with van der Waals surface area (Å²) in [4.78, 5) is 15.0. The minimum absolute atomic E-state index is 0.0760. The van der Waals surface area contributed by atoms with E-state index >= 15 is 0 Å². The molecule has 0 unspecified atom stereocenters. The van der Waals surface area contributed by atoms with E-state index in [-0.39, 0.29) is 11.8 Å². The molecule has 0 saturated heterocycles. The lowest BCUT2D eigenvalue weighted by Crippen LogP contribution is -2.34. The first-order chi connectivity index (χ1) is 8.70. The molecule has 1 fully saturated rings. The first-order valence-corrected chi connectivity index (χ1v) is 6.56. The summed E-state index contributed by atoms with van der Waals surface area (Å²) in [6.07, 6.45) is 9.30. The Bertz CT molecular complexity index is 386. The number of pyridine rings is 1. The molecule has 0 radical (unpaired) electrons. The predicted molar refractivity (Wildman–Crippen MR) is 70.5 cm³/mol. The van der Waals surface area contributed by atoms with Crippen molar-refractivity contribution in [2.45, 2.75) is 38.5 Å². The first kappa shape index (κ1) is 12.9. The Morgan fingerprint density at radius 3 is 2.56 bits per heavy atom. The van der Waals surface area contributed by atoms with Gasteiger partial charge in [0.2, 0.25) is 0 Å². The lowest BCUT2D eigenvalue weighted by Gasteiger charge is -2.36. The van der Waals surface area contributed by atoms with Gasteiger partial charge >= 0.3 is 5.97 Å². The van der Waals surface area contributed by atoms with E-state index in [1.165, 1.54) is 6.42 Å². The smallest absolute Gasteiger partial charge is 0.303 e. The number of aromatic nitrogens is 1. The molecule has 1 aliphatic rings. The molecule has 2 rings (SSSR count). The van der Waals surface area contributed by atoms with E-state index in [4.69, 9.17) is 5.11 Å². The van der Waals surface area contributed by atoms with Crippen LogP contribution in [0.5, 0.6) is 0 Å². The molecule has 1 heterocycles. The van der Waals surface area contributed by atoms with Gasteiger partial charge in [0.05, 0.1) is 6.42 Å². The number of carboxylic acid groups (broad SMARTS) is 1. The third-order valence-corrected chi connectivity index (χ3v) is 3.79. The van der Waals surface area contributed by atoms with Gasteiger partial charge in [0, 0.05) is 24.6 Å². The lowest BCUT2D eigenvalue weighted by molar-refractivity contribution is -0.140. The number of anilines is 1. The quantitative estimate of drug-likeness (QED) is 0.841. The molecule has 1 aromatic heterocycles. The van der Waals surface area contributed by atoms with Gasteiger partial charge in [0.1, 0.15) is 0 Å². The summed E-state index contributed by atoms with van der Waals surface area (Å²) in [5.74, 6) is -0.687. The van der Waals surface area contributed by atoms with Crippen LogP contribution in [-0.2, 0) is 4.79 Å². The number of hydrogen-bond acceptors (Lipinski definition) is 3. The molecular formula is C14H20N2O2. The second-order valence-corrected chi connectivity index (χ2v) is 5.22. The topological polar surface area (TPSA) is 62.2 Å². The van der Waals surface area contributed by atoms with E-state index in [2.05, 4.69) is 10.3 Å². The van der Waals surface area contributed by atoms with Crippen molar-refractivity contribution in [2.24, 2.45) is 5.41 Å². The Balaban J connectivity index is 1.99. The summed E-state index contributed by atoms with van der Waals surface area (Å²) in [6.45, 7) is 0.739. The van der Waals surface area contributed by atoms with Crippen molar-refractivity contribution in [3.05, 3.63) is 24.5 Å². The van der Waals surface area contributed by atoms with Crippen molar-refractivity contribution in [1.82, 2.24) is 4.98 Å². The highest BCUT2D eigenvalue weighted by Crippen LogP contribution is 2.39. The molecule has 4 heteroatoms. The van der Waals surface area contributed by atoms with Crippen LogP contribution in [0.3, 0.4) is 0 Å². The molecular weight excluding hydrogens is 228 g/mol. The van der Waals surface area contributed by atoms with E-state index in [0.29, 0.717) is 0 Å². The molecule has 2 N–H and O–H groups in total. The summed E-state index contributed by atoms with van der Waals surface area (Å²) in [6, 6.07) is 3.83. The largest absolute Gasteiger partial charge is 0.481 e. The third-order valence-electron chi connectivity index (χ3n) is 3.79. The van der Waals surface area contributed by atoms with E-state index in [9.17, 15) is 4.79 Å². The first-order valence-electron chi connectivity index (χ1n) is 6.56. The molecule has 0 aromatic carbocycles. The fraction of sp³-hybridized carbons (Fsp3) is 0.571. The van der Waals surface area contributed by atoms with E-state index < -0.39 is 5.97 Å². The SMILES string of the molecule is O=C(O)CC1(CNc2ccncc2)CCCCC1. The van der Waals surface area contributed by atoms with Crippen LogP contribution in [0.2, 0.25) is 0 Å². The fourth-order valence-corrected chi connectivity index (χ4v) is 2.80. The maximum atomic E-state index is 11.0. The molecule has 0 spiro atoms. The Morgan fingerprint density at radius 2 is 1.94 bits per heavy atom. The molecule has 98 valence electrons. The van der Waals surface area contributed by atoms with E-state index in [0.717, 1.165) is 37.9 Å². The predicted octanol–water partition coefficient (Wildman–Crippen LogP) is 2.92. The van der Waals surface area contributed by atoms with E-state index in [1.54, 1.807) is 12.4 Å². The summed E-state index contributed by atoms with van der Waals surface area (Å²) >= 11 is 0. The van der Waals surface area contributed by atoms with Gasteiger partial charge in [-0.1, -0.05) is 19.3 Å². The van der Waals surface area contributed by atoms with Gasteiger partial charge in [-0.15, -0.1) is 0 Å². The van der Waals surface area contributed by atoms with Crippen LogP contribution >= 0.6 is 0 Å². The van der Waals surface area contributed by atoms with Crippen molar-refractivity contribution in [1.29, 1.82) is 0 Å². The second kappa shape index (κ2) is 5.85. The van der Waals surface area contributed by atoms with Crippen molar-refractivity contribution < 1.29 is 9.90 Å². The van der Waals surface area contributed by atoms with Gasteiger partial charge in [0.15, 0.2) is 0 Å². The van der Waals surface area contributed by atoms with Gasteiger partial charge in [-0.05, 0) is 30.4 Å². The number of hydrogen-bond donors (Lipinski definition) is 2. The number of aliphatic carboxylic acids is 1. The molecule has 0 bridgehead atoms. The Kier molecular flexibility index (Phi) is 4.18. The van der Waals surface area contributed by atoms with Crippen molar-refractivity contribution in [3.8, 4) is 0 Å². The third kappa shape index (κ3) is 3.45. The van der Waals surface area contributed by atoms with E-state index in [1.807, 2.05) is 12.1 Å². The van der Waals surface area contributed by atoms with Crippen molar-refractivity contribution in [2.75, 3.05) is 11.9 Å². The molecule has 18 heavy (non-hydrogen) atoms. The Morgan fingerprint density at radius 1 is 1.28 bits per heavy atom. The molecule has 1 saturated carbocycles. The van der Waals surface area contributed by atoms with Gasteiger partial charge in [-0.25, -0.2) is 0 Å². The number of carboxylic acids is 1. The highest BCUT2D eigenvalue weighted by molar-refractivity contribution is 5.68. The number of nitrogens with one attached hydrogen (secondary N) is 1. The highest BCUT2D eigenvalue weighted by atomic mass is 16.4. The summed E-state index contributed by atoms with van der Waals surface area (Å²) in [5, 5.41) is 12.4. The lowest BCUT2D eigenvalue weighted by atomic mass is 9.71. The number of carbonyl (C=O) groups is 1. The normalized spacial score (nSPS) is 18.2. The minimum Gasteiger partial charge on any atom is -0.481 e. The van der Waals surface area contributed by atoms with Crippen LogP contribution in [0.15, 0.2) is 24.5 Å². The van der Waals surface area contributed by atoms with Crippen LogP contribution in [-0.4, -0.2) is 22.6 Å². The van der Waals surface area contributed by atoms with Gasteiger partial charge < -0.3 is 10.4 Å². The average Bonchev–Trinajstić information content (AvgIpc) is 2.38. The summed E-state index contributed by atoms with van der Waals surface area (Å²) in [7, 11) is 0. The standard InChI is InChI=1S/C14H20N2O2/c17-13(18)10-14(6-2-1-3-7-14)11-16-12-4-8-15-9-5-12/h4-5,8-9H,1-3,6-7,10-11H2,(H,15,16)(H,17,18). The van der Waals surface area contributed by atoms with Crippen molar-refractivity contribution >= 4 is 11.7 Å². The molecule has 0 amide bonds. The van der Waals surface area contributed by atoms with Crippen LogP contribution in [0, 0.1) is 5.41 Å². The molecule has 1 aromatic rings. The summed E-state index contributed by atoms with van der Waals surface area (Å²) in [5.41, 5.74) is 0.938. The van der Waals surface area contributed by atoms with Gasteiger partial charge in [-0.2, -0.15) is 0 Å². The Labute approximate surface area is 107 Å². The monoisotopic (exact) mass is 248 g/mol. The number of rotatable bonds is 5. The van der Waals surface area contributed by atoms with Crippen LogP contribution in [0.25, 0.3) is 0 Å².